The molecular weight excluding hydrogens is 480 g/mol. The summed E-state index contributed by atoms with van der Waals surface area (Å²) >= 11 is 3.82. The van der Waals surface area contributed by atoms with E-state index in [1.807, 2.05) is 12.4 Å². The van der Waals surface area contributed by atoms with Crippen LogP contribution in [0.1, 0.15) is 0 Å². The van der Waals surface area contributed by atoms with Crippen molar-refractivity contribution in [3.8, 4) is 22.3 Å². The summed E-state index contributed by atoms with van der Waals surface area (Å²) in [4.78, 5) is 6.92. The van der Waals surface area contributed by atoms with E-state index in [2.05, 4.69) is 129 Å². The fourth-order valence-corrected chi connectivity index (χ4v) is 5.83. The van der Waals surface area contributed by atoms with Gasteiger partial charge in [-0.3, -0.25) is 4.98 Å². The van der Waals surface area contributed by atoms with E-state index in [0.29, 0.717) is 0 Å². The van der Waals surface area contributed by atoms with E-state index in [-0.39, 0.29) is 0 Å². The minimum atomic E-state index is 1.09. The number of halogens is 1. The highest BCUT2D eigenvalue weighted by Crippen LogP contribution is 2.53. The van der Waals surface area contributed by atoms with Gasteiger partial charge in [0.1, 0.15) is 0 Å². The predicted molar refractivity (Wildman–Crippen MR) is 146 cm³/mol. The lowest BCUT2D eigenvalue weighted by Gasteiger charge is -2.34. The molecule has 0 bridgehead atoms. The Kier molecular flexibility index (Phi) is 4.33. The third kappa shape index (κ3) is 2.84. The fourth-order valence-electron chi connectivity index (χ4n) is 5.25. The Morgan fingerprint density at radius 2 is 1.29 bits per heavy atom. The number of nitrogens with zero attached hydrogens (tertiary/aromatic N) is 2. The molecule has 3 heteroatoms. The molecule has 6 aromatic rings. The third-order valence-corrected chi connectivity index (χ3v) is 7.37. The quantitative estimate of drug-likeness (QED) is 0.236. The van der Waals surface area contributed by atoms with Crippen molar-refractivity contribution in [1.82, 2.24) is 4.98 Å². The number of anilines is 3. The molecule has 7 rings (SSSR count). The van der Waals surface area contributed by atoms with Crippen molar-refractivity contribution in [1.29, 1.82) is 0 Å². The number of rotatable bonds is 2. The average Bonchev–Trinajstić information content (AvgIpc) is 2.89. The lowest BCUT2D eigenvalue weighted by Crippen LogP contribution is -2.15. The van der Waals surface area contributed by atoms with E-state index in [0.717, 1.165) is 21.4 Å². The van der Waals surface area contributed by atoms with Crippen LogP contribution in [-0.4, -0.2) is 4.98 Å². The van der Waals surface area contributed by atoms with Crippen LogP contribution in [0.15, 0.2) is 120 Å². The van der Waals surface area contributed by atoms with Gasteiger partial charge in [0.25, 0.3) is 0 Å². The number of benzene rings is 5. The first kappa shape index (κ1) is 19.5. The molecule has 34 heavy (non-hydrogen) atoms. The lowest BCUT2D eigenvalue weighted by atomic mass is 9.88. The Labute approximate surface area is 206 Å². The first-order chi connectivity index (χ1) is 16.8. The number of aromatic nitrogens is 1. The van der Waals surface area contributed by atoms with E-state index < -0.39 is 0 Å². The Bertz CT molecular complexity index is 1720. The number of fused-ring (bicyclic) bond motifs is 3. The highest BCUT2D eigenvalue weighted by atomic mass is 79.9. The molecular formula is C31H19BrN2. The van der Waals surface area contributed by atoms with Crippen LogP contribution in [0.25, 0.3) is 43.8 Å². The highest BCUT2D eigenvalue weighted by molar-refractivity contribution is 9.10. The number of pyridine rings is 1. The molecule has 1 aromatic heterocycles. The lowest BCUT2D eigenvalue weighted by molar-refractivity contribution is 1.25. The van der Waals surface area contributed by atoms with Gasteiger partial charge in [-0.25, -0.2) is 0 Å². The van der Waals surface area contributed by atoms with Crippen molar-refractivity contribution in [2.75, 3.05) is 4.90 Å². The predicted octanol–water partition coefficient (Wildman–Crippen LogP) is 9.27. The molecule has 0 amide bonds. The minimum absolute atomic E-state index is 1.09. The Hall–Kier alpha value is -3.95. The van der Waals surface area contributed by atoms with E-state index >= 15 is 0 Å². The van der Waals surface area contributed by atoms with Crippen LogP contribution in [0.4, 0.5) is 17.1 Å². The van der Waals surface area contributed by atoms with Crippen molar-refractivity contribution in [3.63, 3.8) is 0 Å². The molecule has 0 aliphatic carbocycles. The summed E-state index contributed by atoms with van der Waals surface area (Å²) in [6.07, 6.45) is 3.89. The first-order valence-corrected chi connectivity index (χ1v) is 12.1. The van der Waals surface area contributed by atoms with Gasteiger partial charge in [0.2, 0.25) is 0 Å². The standard InChI is InChI=1S/C31H19BrN2/c32-26-12-4-9-21-10-5-14-29(31(21)26)34-27-15-16-33-19-25(27)24-18-23(20-7-2-1-3-8-20)17-22-11-6-13-28(34)30(22)24/h1-19H. The zero-order valence-corrected chi connectivity index (χ0v) is 19.8. The van der Waals surface area contributed by atoms with E-state index in [1.54, 1.807) is 0 Å². The van der Waals surface area contributed by atoms with Crippen molar-refractivity contribution < 1.29 is 0 Å². The van der Waals surface area contributed by atoms with Crippen LogP contribution in [0.3, 0.4) is 0 Å². The van der Waals surface area contributed by atoms with Gasteiger partial charge >= 0.3 is 0 Å². The monoisotopic (exact) mass is 498 g/mol. The van der Waals surface area contributed by atoms with Gasteiger partial charge in [-0.2, -0.15) is 0 Å². The van der Waals surface area contributed by atoms with Crippen LogP contribution < -0.4 is 4.90 Å². The molecule has 5 aromatic carbocycles. The van der Waals surface area contributed by atoms with E-state index in [9.17, 15) is 0 Å². The minimum Gasteiger partial charge on any atom is -0.308 e. The molecule has 1 aliphatic rings. The van der Waals surface area contributed by atoms with Crippen LogP contribution in [-0.2, 0) is 0 Å². The van der Waals surface area contributed by atoms with Gasteiger partial charge in [0.15, 0.2) is 0 Å². The summed E-state index contributed by atoms with van der Waals surface area (Å²) in [5.41, 5.74) is 8.30. The van der Waals surface area contributed by atoms with Crippen LogP contribution in [0.2, 0.25) is 0 Å². The van der Waals surface area contributed by atoms with E-state index in [1.165, 1.54) is 43.9 Å². The molecule has 0 N–H and O–H groups in total. The molecule has 0 radical (unpaired) electrons. The van der Waals surface area contributed by atoms with Gasteiger partial charge in [-0.15, -0.1) is 0 Å². The zero-order chi connectivity index (χ0) is 22.6. The molecule has 1 aliphatic heterocycles. The Balaban J connectivity index is 1.59. The molecule has 0 fully saturated rings. The topological polar surface area (TPSA) is 16.1 Å². The maximum absolute atomic E-state index is 4.53. The summed E-state index contributed by atoms with van der Waals surface area (Å²) < 4.78 is 1.09. The molecule has 160 valence electrons. The van der Waals surface area contributed by atoms with Gasteiger partial charge in [-0.1, -0.05) is 82.7 Å². The second-order valence-corrected chi connectivity index (χ2v) is 9.46. The van der Waals surface area contributed by atoms with Gasteiger partial charge in [0, 0.05) is 33.2 Å². The summed E-state index contributed by atoms with van der Waals surface area (Å²) in [5.74, 6) is 0. The fraction of sp³-hybridized carbons (Fsp3) is 0. The first-order valence-electron chi connectivity index (χ1n) is 11.3. The maximum Gasteiger partial charge on any atom is 0.0571 e. The van der Waals surface area contributed by atoms with Crippen molar-refractivity contribution in [2.24, 2.45) is 0 Å². The summed E-state index contributed by atoms with van der Waals surface area (Å²) in [6, 6.07) is 36.8. The van der Waals surface area contributed by atoms with Crippen LogP contribution >= 0.6 is 15.9 Å². The summed E-state index contributed by atoms with van der Waals surface area (Å²) in [6.45, 7) is 0. The van der Waals surface area contributed by atoms with Gasteiger partial charge < -0.3 is 4.90 Å². The Morgan fingerprint density at radius 3 is 2.12 bits per heavy atom. The highest BCUT2D eigenvalue weighted by Gasteiger charge is 2.27. The second-order valence-electron chi connectivity index (χ2n) is 8.61. The smallest absolute Gasteiger partial charge is 0.0571 e. The average molecular weight is 499 g/mol. The molecule has 0 unspecified atom stereocenters. The molecule has 2 heterocycles. The van der Waals surface area contributed by atoms with Gasteiger partial charge in [0.05, 0.1) is 17.1 Å². The van der Waals surface area contributed by atoms with E-state index in [4.69, 9.17) is 0 Å². The maximum atomic E-state index is 4.53. The Morgan fingerprint density at radius 1 is 0.559 bits per heavy atom. The molecule has 0 spiro atoms. The van der Waals surface area contributed by atoms with Crippen molar-refractivity contribution in [3.05, 3.63) is 120 Å². The zero-order valence-electron chi connectivity index (χ0n) is 18.2. The molecule has 2 nitrogen and oxygen atoms in total. The van der Waals surface area contributed by atoms with Gasteiger partial charge in [-0.05, 0) is 63.9 Å². The largest absolute Gasteiger partial charge is 0.308 e. The second kappa shape index (κ2) is 7.54. The van der Waals surface area contributed by atoms with Crippen molar-refractivity contribution >= 4 is 54.5 Å². The molecule has 0 atom stereocenters. The SMILES string of the molecule is Brc1cccc2cccc(N3c4ccncc4-c4cc(-c5ccccc5)cc5cccc3c45)c12. The normalized spacial score (nSPS) is 12.2. The third-order valence-electron chi connectivity index (χ3n) is 6.70. The molecule has 0 saturated heterocycles. The molecule has 0 saturated carbocycles. The van der Waals surface area contributed by atoms with Crippen LogP contribution in [0.5, 0.6) is 0 Å². The van der Waals surface area contributed by atoms with Crippen molar-refractivity contribution in [2.45, 2.75) is 0 Å². The number of hydrogen-bond donors (Lipinski definition) is 0. The summed E-state index contributed by atoms with van der Waals surface area (Å²) in [7, 11) is 0. The number of hydrogen-bond acceptors (Lipinski definition) is 2. The van der Waals surface area contributed by atoms with Crippen LogP contribution in [0, 0.1) is 0 Å². The summed E-state index contributed by atoms with van der Waals surface area (Å²) in [5, 5.41) is 4.90.